The van der Waals surface area contributed by atoms with Crippen LogP contribution in [0.5, 0.6) is 0 Å². The van der Waals surface area contributed by atoms with Gasteiger partial charge in [0, 0.05) is 5.56 Å². The second kappa shape index (κ2) is 5.64. The highest BCUT2D eigenvalue weighted by Gasteiger charge is 2.13. The SMILES string of the molecule is O=C(Nc1nc(Cl)ncc1F)c1cc(Cl)nc(Cl)c1. The topological polar surface area (TPSA) is 67.8 Å². The normalized spacial score (nSPS) is 10.3. The van der Waals surface area contributed by atoms with Crippen molar-refractivity contribution in [2.75, 3.05) is 5.32 Å². The summed E-state index contributed by atoms with van der Waals surface area (Å²) in [5.74, 6) is -1.81. The predicted octanol–water partition coefficient (Wildman–Crippen LogP) is 3.22. The molecule has 0 saturated carbocycles. The summed E-state index contributed by atoms with van der Waals surface area (Å²) in [5.41, 5.74) is 0.110. The Hall–Kier alpha value is -1.50. The van der Waals surface area contributed by atoms with Crippen LogP contribution in [0.25, 0.3) is 0 Å². The molecule has 1 amide bonds. The summed E-state index contributed by atoms with van der Waals surface area (Å²) in [6.45, 7) is 0. The monoisotopic (exact) mass is 320 g/mol. The highest BCUT2D eigenvalue weighted by molar-refractivity contribution is 6.33. The molecule has 0 aliphatic rings. The van der Waals surface area contributed by atoms with Gasteiger partial charge in [0.05, 0.1) is 6.20 Å². The summed E-state index contributed by atoms with van der Waals surface area (Å²) >= 11 is 16.8. The molecule has 0 aliphatic heterocycles. The zero-order valence-electron chi connectivity index (χ0n) is 8.99. The van der Waals surface area contributed by atoms with Gasteiger partial charge < -0.3 is 5.32 Å². The van der Waals surface area contributed by atoms with Crippen LogP contribution in [0.2, 0.25) is 15.6 Å². The highest BCUT2D eigenvalue weighted by Crippen LogP contribution is 2.17. The molecule has 19 heavy (non-hydrogen) atoms. The van der Waals surface area contributed by atoms with Crippen LogP contribution in [-0.2, 0) is 0 Å². The Bertz CT molecular complexity index is 632. The lowest BCUT2D eigenvalue weighted by atomic mass is 10.2. The molecule has 2 heterocycles. The number of hydrogen-bond acceptors (Lipinski definition) is 4. The molecule has 0 spiro atoms. The minimum Gasteiger partial charge on any atom is -0.304 e. The van der Waals surface area contributed by atoms with Crippen LogP contribution in [0.15, 0.2) is 18.3 Å². The summed E-state index contributed by atoms with van der Waals surface area (Å²) in [6, 6.07) is 2.56. The molecule has 0 aromatic carbocycles. The Morgan fingerprint density at radius 2 is 1.79 bits per heavy atom. The van der Waals surface area contributed by atoms with E-state index in [1.165, 1.54) is 12.1 Å². The van der Waals surface area contributed by atoms with Crippen molar-refractivity contribution in [2.24, 2.45) is 0 Å². The van der Waals surface area contributed by atoms with E-state index in [2.05, 4.69) is 20.3 Å². The van der Waals surface area contributed by atoms with Gasteiger partial charge in [0.2, 0.25) is 5.28 Å². The fourth-order valence-electron chi connectivity index (χ4n) is 1.21. The van der Waals surface area contributed by atoms with Gasteiger partial charge in [-0.3, -0.25) is 4.79 Å². The summed E-state index contributed by atoms with van der Waals surface area (Å²) < 4.78 is 13.3. The third-order valence-corrected chi connectivity index (χ3v) is 2.54. The van der Waals surface area contributed by atoms with E-state index in [0.29, 0.717) is 0 Å². The molecule has 2 aromatic heterocycles. The molecule has 0 radical (unpaired) electrons. The van der Waals surface area contributed by atoms with E-state index >= 15 is 0 Å². The molecule has 0 bridgehead atoms. The molecule has 1 N–H and O–H groups in total. The van der Waals surface area contributed by atoms with E-state index in [0.717, 1.165) is 6.20 Å². The van der Waals surface area contributed by atoms with Gasteiger partial charge in [-0.05, 0) is 23.7 Å². The first-order valence-electron chi connectivity index (χ1n) is 4.78. The van der Waals surface area contributed by atoms with Gasteiger partial charge >= 0.3 is 0 Å². The Morgan fingerprint density at radius 1 is 1.16 bits per heavy atom. The predicted molar refractivity (Wildman–Crippen MR) is 69.2 cm³/mol. The lowest BCUT2D eigenvalue weighted by Gasteiger charge is -2.06. The minimum atomic E-state index is -0.816. The van der Waals surface area contributed by atoms with E-state index in [1.54, 1.807) is 0 Å². The molecule has 5 nitrogen and oxygen atoms in total. The third kappa shape index (κ3) is 3.50. The van der Waals surface area contributed by atoms with Crippen molar-refractivity contribution in [3.8, 4) is 0 Å². The molecule has 0 fully saturated rings. The summed E-state index contributed by atoms with van der Waals surface area (Å²) in [6.07, 6.45) is 0.845. The van der Waals surface area contributed by atoms with Gasteiger partial charge in [0.1, 0.15) is 10.3 Å². The first-order valence-corrected chi connectivity index (χ1v) is 5.91. The number of amides is 1. The van der Waals surface area contributed by atoms with Gasteiger partial charge in [-0.2, -0.15) is 4.98 Å². The van der Waals surface area contributed by atoms with Crippen molar-refractivity contribution in [1.82, 2.24) is 15.0 Å². The average Bonchev–Trinajstić information content (AvgIpc) is 2.32. The van der Waals surface area contributed by atoms with Crippen LogP contribution >= 0.6 is 34.8 Å². The molecule has 0 saturated heterocycles. The molecule has 2 rings (SSSR count). The molecular formula is C10H4Cl3FN4O. The van der Waals surface area contributed by atoms with Gasteiger partial charge in [0.15, 0.2) is 11.6 Å². The van der Waals surface area contributed by atoms with E-state index in [-0.39, 0.29) is 27.0 Å². The second-order valence-electron chi connectivity index (χ2n) is 3.29. The lowest BCUT2D eigenvalue weighted by molar-refractivity contribution is 0.102. The van der Waals surface area contributed by atoms with Crippen molar-refractivity contribution in [1.29, 1.82) is 0 Å². The number of carbonyl (C=O) groups excluding carboxylic acids is 1. The number of nitrogens with one attached hydrogen (secondary N) is 1. The van der Waals surface area contributed by atoms with Crippen LogP contribution < -0.4 is 5.32 Å². The van der Waals surface area contributed by atoms with Crippen molar-refractivity contribution in [3.05, 3.63) is 45.3 Å². The van der Waals surface area contributed by atoms with Crippen molar-refractivity contribution >= 4 is 46.5 Å². The summed E-state index contributed by atoms with van der Waals surface area (Å²) in [4.78, 5) is 22.5. The Kier molecular flexibility index (Phi) is 4.14. The van der Waals surface area contributed by atoms with E-state index in [9.17, 15) is 9.18 Å². The molecule has 98 valence electrons. The molecule has 2 aromatic rings. The van der Waals surface area contributed by atoms with Crippen molar-refractivity contribution in [3.63, 3.8) is 0 Å². The number of rotatable bonds is 2. The van der Waals surface area contributed by atoms with Gasteiger partial charge in [0.25, 0.3) is 5.91 Å². The van der Waals surface area contributed by atoms with Crippen LogP contribution in [0.1, 0.15) is 10.4 Å². The maximum Gasteiger partial charge on any atom is 0.257 e. The van der Waals surface area contributed by atoms with Gasteiger partial charge in [-0.25, -0.2) is 14.4 Å². The number of aromatic nitrogens is 3. The molecule has 0 atom stereocenters. The Morgan fingerprint density at radius 3 is 2.42 bits per heavy atom. The largest absolute Gasteiger partial charge is 0.304 e. The van der Waals surface area contributed by atoms with Gasteiger partial charge in [-0.15, -0.1) is 0 Å². The number of pyridine rings is 1. The Balaban J connectivity index is 2.28. The third-order valence-electron chi connectivity index (χ3n) is 1.97. The van der Waals surface area contributed by atoms with Crippen LogP contribution in [0, 0.1) is 5.82 Å². The lowest BCUT2D eigenvalue weighted by Crippen LogP contribution is -2.15. The molecule has 0 aliphatic carbocycles. The van der Waals surface area contributed by atoms with E-state index < -0.39 is 11.7 Å². The highest BCUT2D eigenvalue weighted by atomic mass is 35.5. The first-order chi connectivity index (χ1) is 8.95. The number of nitrogens with zero attached hydrogens (tertiary/aromatic N) is 3. The molecule has 0 unspecified atom stereocenters. The van der Waals surface area contributed by atoms with Crippen molar-refractivity contribution in [2.45, 2.75) is 0 Å². The average molecular weight is 322 g/mol. The second-order valence-corrected chi connectivity index (χ2v) is 4.40. The van der Waals surface area contributed by atoms with Crippen LogP contribution in [0.3, 0.4) is 0 Å². The first kappa shape index (κ1) is 13.9. The zero-order valence-corrected chi connectivity index (χ0v) is 11.3. The van der Waals surface area contributed by atoms with E-state index in [1.807, 2.05) is 0 Å². The van der Waals surface area contributed by atoms with E-state index in [4.69, 9.17) is 34.8 Å². The molecular weight excluding hydrogens is 317 g/mol. The smallest absolute Gasteiger partial charge is 0.257 e. The number of carbonyl (C=O) groups is 1. The quantitative estimate of drug-likeness (QED) is 0.681. The van der Waals surface area contributed by atoms with Gasteiger partial charge in [-0.1, -0.05) is 23.2 Å². The summed E-state index contributed by atoms with van der Waals surface area (Å²) in [7, 11) is 0. The number of hydrogen-bond donors (Lipinski definition) is 1. The van der Waals surface area contributed by atoms with Crippen LogP contribution in [-0.4, -0.2) is 20.9 Å². The zero-order chi connectivity index (χ0) is 14.0. The maximum absolute atomic E-state index is 13.3. The maximum atomic E-state index is 13.3. The molecule has 9 heteroatoms. The fraction of sp³-hybridized carbons (Fsp3) is 0. The standard InChI is InChI=1S/C10H4Cl3FN4O/c11-6-1-4(2-7(12)16-6)9(19)17-8-5(14)3-15-10(13)18-8/h1-3H,(H,15,17,18,19). The number of halogens is 4. The van der Waals surface area contributed by atoms with Crippen molar-refractivity contribution < 1.29 is 9.18 Å². The fourth-order valence-corrected chi connectivity index (χ4v) is 1.80. The minimum absolute atomic E-state index is 0.0406. The Labute approximate surface area is 121 Å². The number of anilines is 1. The van der Waals surface area contributed by atoms with Crippen LogP contribution in [0.4, 0.5) is 10.2 Å². The summed E-state index contributed by atoms with van der Waals surface area (Å²) in [5, 5.41) is 2.12.